The van der Waals surface area contributed by atoms with E-state index in [0.717, 1.165) is 11.1 Å². The highest BCUT2D eigenvalue weighted by atomic mass is 32.2. The summed E-state index contributed by atoms with van der Waals surface area (Å²) in [5, 5.41) is 21.0. The van der Waals surface area contributed by atoms with Crippen LogP contribution in [0.2, 0.25) is 0 Å². The van der Waals surface area contributed by atoms with Crippen LogP contribution in [0.3, 0.4) is 0 Å². The van der Waals surface area contributed by atoms with Crippen LogP contribution in [0.15, 0.2) is 88.5 Å². The van der Waals surface area contributed by atoms with E-state index >= 15 is 0 Å². The van der Waals surface area contributed by atoms with Crippen LogP contribution in [0.4, 0.5) is 5.13 Å². The van der Waals surface area contributed by atoms with Crippen LogP contribution < -0.4 is 14.4 Å². The van der Waals surface area contributed by atoms with Crippen molar-refractivity contribution in [2.45, 2.75) is 50.4 Å². The monoisotopic (exact) mass is 684 g/mol. The predicted octanol–water partition coefficient (Wildman–Crippen LogP) is 7.97. The molecular formula is C35H32N4O5S3. The first kappa shape index (κ1) is 32.4. The summed E-state index contributed by atoms with van der Waals surface area (Å²) in [4.78, 5) is 34.0. The molecule has 0 saturated heterocycles. The zero-order valence-electron chi connectivity index (χ0n) is 26.2. The number of aromatic nitrogens is 3. The van der Waals surface area contributed by atoms with Gasteiger partial charge in [-0.3, -0.25) is 14.5 Å². The Kier molecular flexibility index (Phi) is 9.71. The van der Waals surface area contributed by atoms with Gasteiger partial charge in [-0.1, -0.05) is 89.3 Å². The van der Waals surface area contributed by atoms with Crippen LogP contribution in [0.5, 0.6) is 11.5 Å². The number of ketones is 1. The van der Waals surface area contributed by atoms with Gasteiger partial charge in [0, 0.05) is 5.75 Å². The number of anilines is 1. The van der Waals surface area contributed by atoms with Crippen molar-refractivity contribution in [1.29, 1.82) is 0 Å². The van der Waals surface area contributed by atoms with E-state index in [0.29, 0.717) is 55.9 Å². The van der Waals surface area contributed by atoms with Gasteiger partial charge >= 0.3 is 0 Å². The minimum absolute atomic E-state index is 0.0498. The minimum atomic E-state index is -0.998. The number of amides is 1. The average Bonchev–Trinajstić information content (AvgIpc) is 3.75. The lowest BCUT2D eigenvalue weighted by molar-refractivity contribution is -0.117. The summed E-state index contributed by atoms with van der Waals surface area (Å²) in [6, 6.07) is 22.3. The van der Waals surface area contributed by atoms with Crippen molar-refractivity contribution in [2.24, 2.45) is 0 Å². The number of ether oxygens (including phenoxy) is 2. The molecule has 0 spiro atoms. The quantitative estimate of drug-likeness (QED) is 0.0794. The predicted molar refractivity (Wildman–Crippen MR) is 185 cm³/mol. The largest absolute Gasteiger partial charge is 0.503 e. The average molecular weight is 685 g/mol. The lowest BCUT2D eigenvalue weighted by Gasteiger charge is -2.25. The van der Waals surface area contributed by atoms with Crippen molar-refractivity contribution in [3.05, 3.63) is 122 Å². The van der Waals surface area contributed by atoms with E-state index in [9.17, 15) is 14.7 Å². The van der Waals surface area contributed by atoms with Crippen molar-refractivity contribution in [2.75, 3.05) is 11.5 Å². The Morgan fingerprint density at radius 2 is 1.70 bits per heavy atom. The van der Waals surface area contributed by atoms with Gasteiger partial charge in [0.25, 0.3) is 5.91 Å². The Balaban J connectivity index is 1.37. The molecule has 1 aliphatic heterocycles. The molecule has 0 bridgehead atoms. The number of hydrogen-bond donors (Lipinski definition) is 1. The number of benzene rings is 3. The Hall–Kier alpha value is -4.52. The molecule has 47 heavy (non-hydrogen) atoms. The van der Waals surface area contributed by atoms with E-state index in [1.165, 1.54) is 44.9 Å². The van der Waals surface area contributed by atoms with Crippen LogP contribution in [0.1, 0.15) is 55.6 Å². The number of thiazole rings is 1. The van der Waals surface area contributed by atoms with Gasteiger partial charge in [0.05, 0.1) is 33.8 Å². The third-order valence-corrected chi connectivity index (χ3v) is 10.7. The number of aryl methyl sites for hydroxylation is 3. The van der Waals surface area contributed by atoms with Crippen molar-refractivity contribution >= 4 is 51.3 Å². The molecule has 0 aliphatic carbocycles. The smallest absolute Gasteiger partial charge is 0.296 e. The van der Waals surface area contributed by atoms with E-state index in [4.69, 9.17) is 9.47 Å². The first-order valence-corrected chi connectivity index (χ1v) is 17.6. The van der Waals surface area contributed by atoms with Gasteiger partial charge in [-0.2, -0.15) is 0 Å². The third kappa shape index (κ3) is 6.95. The first-order chi connectivity index (χ1) is 22.7. The van der Waals surface area contributed by atoms with E-state index < -0.39 is 23.5 Å². The molecule has 5 aromatic rings. The minimum Gasteiger partial charge on any atom is -0.503 e. The zero-order chi connectivity index (χ0) is 33.1. The molecule has 1 aliphatic rings. The van der Waals surface area contributed by atoms with E-state index in [-0.39, 0.29) is 10.7 Å². The number of rotatable bonds is 12. The highest BCUT2D eigenvalue weighted by Gasteiger charge is 2.47. The number of carbonyl (C=O) groups is 2. The second-order valence-electron chi connectivity index (χ2n) is 10.9. The van der Waals surface area contributed by atoms with Crippen LogP contribution >= 0.6 is 34.4 Å². The molecule has 1 N–H and O–H groups in total. The summed E-state index contributed by atoms with van der Waals surface area (Å²) >= 11 is 3.96. The second-order valence-corrected chi connectivity index (χ2v) is 14.2. The van der Waals surface area contributed by atoms with Crippen molar-refractivity contribution in [3.8, 4) is 11.5 Å². The van der Waals surface area contributed by atoms with E-state index in [1.807, 2.05) is 51.1 Å². The van der Waals surface area contributed by atoms with Crippen molar-refractivity contribution < 1.29 is 24.2 Å². The Bertz CT molecular complexity index is 1950. The molecule has 12 heteroatoms. The molecule has 3 aromatic carbocycles. The fraction of sp³-hybridized carbons (Fsp3) is 0.229. The second kappa shape index (κ2) is 14.1. The van der Waals surface area contributed by atoms with Gasteiger partial charge in [-0.15, -0.1) is 21.5 Å². The van der Waals surface area contributed by atoms with Crippen molar-refractivity contribution in [1.82, 2.24) is 15.2 Å². The molecule has 0 radical (unpaired) electrons. The number of aliphatic hydroxyl groups excluding tert-OH is 1. The molecule has 3 heterocycles. The SMILES string of the molecule is CCOc1cc(C2C(C(=O)c3sc(C)nc3C)=C(O)C(=O)N2c2nnc(SCc3ccc(C)cc3)s2)ccc1OCc1ccccc1. The zero-order valence-corrected chi connectivity index (χ0v) is 28.7. The molecule has 0 fully saturated rings. The van der Waals surface area contributed by atoms with Crippen LogP contribution in [-0.4, -0.2) is 38.6 Å². The summed E-state index contributed by atoms with van der Waals surface area (Å²) in [6.45, 7) is 8.16. The number of nitrogens with zero attached hydrogens (tertiary/aromatic N) is 4. The number of carbonyl (C=O) groups excluding carboxylic acids is 2. The van der Waals surface area contributed by atoms with Gasteiger partial charge in [0.15, 0.2) is 21.6 Å². The van der Waals surface area contributed by atoms with Crippen LogP contribution in [0.25, 0.3) is 0 Å². The first-order valence-electron chi connectivity index (χ1n) is 14.9. The fourth-order valence-electron chi connectivity index (χ4n) is 5.22. The molecular weight excluding hydrogens is 653 g/mol. The lowest BCUT2D eigenvalue weighted by atomic mass is 9.95. The van der Waals surface area contributed by atoms with Gasteiger partial charge in [-0.25, -0.2) is 4.98 Å². The van der Waals surface area contributed by atoms with Crippen molar-refractivity contribution in [3.63, 3.8) is 0 Å². The highest BCUT2D eigenvalue weighted by Crippen LogP contribution is 2.46. The van der Waals surface area contributed by atoms with Gasteiger partial charge in [0.2, 0.25) is 10.9 Å². The topological polar surface area (TPSA) is 115 Å². The number of Topliss-reactive ketones (excluding diaryl/α,β-unsaturated/α-hetero) is 1. The molecule has 2 aromatic heterocycles. The van der Waals surface area contributed by atoms with Crippen LogP contribution in [-0.2, 0) is 17.2 Å². The van der Waals surface area contributed by atoms with Gasteiger partial charge in [-0.05, 0) is 56.5 Å². The third-order valence-electron chi connectivity index (χ3n) is 7.47. The maximum absolute atomic E-state index is 14.1. The molecule has 1 amide bonds. The summed E-state index contributed by atoms with van der Waals surface area (Å²) < 4.78 is 12.8. The molecule has 6 rings (SSSR count). The number of hydrogen-bond acceptors (Lipinski definition) is 11. The van der Waals surface area contributed by atoms with Gasteiger partial charge < -0.3 is 14.6 Å². The summed E-state index contributed by atoms with van der Waals surface area (Å²) in [5.74, 6) is -0.194. The molecule has 9 nitrogen and oxygen atoms in total. The molecule has 0 saturated carbocycles. The van der Waals surface area contributed by atoms with E-state index in [2.05, 4.69) is 39.4 Å². The number of thioether (sulfide) groups is 1. The standard InChI is InChI=1S/C35H32N4O5S3/c1-5-43-27-17-25(15-16-26(27)44-18-23-9-7-6-8-10-23)29-28(30(40)32-21(3)36-22(4)46-32)31(41)33(42)39(29)34-37-38-35(47-34)45-19-24-13-11-20(2)12-14-24/h6-17,29,41H,5,18-19H2,1-4H3. The molecule has 1 atom stereocenters. The summed E-state index contributed by atoms with van der Waals surface area (Å²) in [6.07, 6.45) is 0. The lowest BCUT2D eigenvalue weighted by Crippen LogP contribution is -2.31. The summed E-state index contributed by atoms with van der Waals surface area (Å²) in [7, 11) is 0. The normalized spacial score (nSPS) is 14.6. The maximum Gasteiger partial charge on any atom is 0.296 e. The van der Waals surface area contributed by atoms with Gasteiger partial charge in [0.1, 0.15) is 6.61 Å². The summed E-state index contributed by atoms with van der Waals surface area (Å²) in [5.41, 5.74) is 4.34. The number of aliphatic hydroxyl groups is 1. The fourth-order valence-corrected chi connectivity index (χ4v) is 7.92. The highest BCUT2D eigenvalue weighted by molar-refractivity contribution is 8.00. The Morgan fingerprint density at radius 1 is 0.936 bits per heavy atom. The molecule has 240 valence electrons. The van der Waals surface area contributed by atoms with E-state index in [1.54, 1.807) is 25.1 Å². The Morgan fingerprint density at radius 3 is 2.40 bits per heavy atom. The Labute approximate surface area is 284 Å². The molecule has 1 unspecified atom stereocenters. The van der Waals surface area contributed by atoms with Crippen LogP contribution in [0, 0.1) is 20.8 Å². The maximum atomic E-state index is 14.1.